The van der Waals surface area contributed by atoms with Crippen molar-refractivity contribution in [1.29, 1.82) is 0 Å². The molecular weight excluding hydrogens is 418 g/mol. The van der Waals surface area contributed by atoms with E-state index in [-0.39, 0.29) is 10.9 Å². The lowest BCUT2D eigenvalue weighted by molar-refractivity contribution is -0.137. The van der Waals surface area contributed by atoms with Crippen LogP contribution in [0.4, 0.5) is 19.0 Å². The van der Waals surface area contributed by atoms with Gasteiger partial charge < -0.3 is 10.6 Å². The molecule has 0 aliphatic heterocycles. The standard InChI is InChI=1S/C15H11Cl3F3N3S/c16-10-3-4-11(17)12(18)8(10)5-7-23-14(25)24-13-9(15(19,20)21)2-1-6-22-13/h1-4,6H,5,7H2,(H2,22,23,24,25). The van der Waals surface area contributed by atoms with Gasteiger partial charge in [-0.2, -0.15) is 13.2 Å². The van der Waals surface area contributed by atoms with Crippen molar-refractivity contribution in [3.63, 3.8) is 0 Å². The van der Waals surface area contributed by atoms with Gasteiger partial charge in [-0.3, -0.25) is 0 Å². The average molecular weight is 429 g/mol. The highest BCUT2D eigenvalue weighted by Gasteiger charge is 2.34. The highest BCUT2D eigenvalue weighted by atomic mass is 35.5. The summed E-state index contributed by atoms with van der Waals surface area (Å²) in [6.45, 7) is 0.291. The number of nitrogens with one attached hydrogen (secondary N) is 2. The number of rotatable bonds is 4. The Morgan fingerprint density at radius 2 is 1.80 bits per heavy atom. The van der Waals surface area contributed by atoms with Crippen LogP contribution in [-0.4, -0.2) is 16.6 Å². The number of hydrogen-bond acceptors (Lipinski definition) is 2. The van der Waals surface area contributed by atoms with Crippen molar-refractivity contribution in [3.8, 4) is 0 Å². The van der Waals surface area contributed by atoms with Gasteiger partial charge in [-0.15, -0.1) is 0 Å². The number of benzene rings is 1. The van der Waals surface area contributed by atoms with Gasteiger partial charge in [-0.25, -0.2) is 4.98 Å². The summed E-state index contributed by atoms with van der Waals surface area (Å²) in [5.41, 5.74) is -0.278. The van der Waals surface area contributed by atoms with Crippen molar-refractivity contribution in [3.05, 3.63) is 56.7 Å². The van der Waals surface area contributed by atoms with Gasteiger partial charge in [0.1, 0.15) is 5.82 Å². The minimum Gasteiger partial charge on any atom is -0.362 e. The normalized spacial score (nSPS) is 11.3. The molecule has 0 bridgehead atoms. The van der Waals surface area contributed by atoms with Gasteiger partial charge >= 0.3 is 6.18 Å². The molecule has 0 atom stereocenters. The Kier molecular flexibility index (Phi) is 6.73. The largest absolute Gasteiger partial charge is 0.419 e. The predicted octanol–water partition coefficient (Wildman–Crippen LogP) is 5.59. The summed E-state index contributed by atoms with van der Waals surface area (Å²) in [7, 11) is 0. The Morgan fingerprint density at radius 3 is 2.48 bits per heavy atom. The van der Waals surface area contributed by atoms with Gasteiger partial charge in [-0.1, -0.05) is 34.8 Å². The first-order valence-corrected chi connectivity index (χ1v) is 8.44. The number of halogens is 6. The van der Waals surface area contributed by atoms with E-state index in [9.17, 15) is 13.2 Å². The maximum absolute atomic E-state index is 12.9. The lowest BCUT2D eigenvalue weighted by Crippen LogP contribution is -2.31. The van der Waals surface area contributed by atoms with Crippen molar-refractivity contribution >= 4 is 58.0 Å². The Morgan fingerprint density at radius 1 is 1.12 bits per heavy atom. The minimum absolute atomic E-state index is 0.00141. The molecule has 0 aliphatic carbocycles. The van der Waals surface area contributed by atoms with Crippen LogP contribution in [0.2, 0.25) is 15.1 Å². The van der Waals surface area contributed by atoms with Gasteiger partial charge in [0.2, 0.25) is 0 Å². The molecule has 1 heterocycles. The summed E-state index contributed by atoms with van der Waals surface area (Å²) in [5.74, 6) is -0.369. The molecular formula is C15H11Cl3F3N3S. The molecule has 1 aromatic heterocycles. The molecule has 1 aromatic carbocycles. The molecule has 0 saturated carbocycles. The van der Waals surface area contributed by atoms with Crippen LogP contribution in [0.1, 0.15) is 11.1 Å². The van der Waals surface area contributed by atoms with E-state index in [1.165, 1.54) is 12.3 Å². The van der Waals surface area contributed by atoms with Gasteiger partial charge in [0.15, 0.2) is 5.11 Å². The van der Waals surface area contributed by atoms with E-state index in [2.05, 4.69) is 15.6 Å². The van der Waals surface area contributed by atoms with Crippen LogP contribution in [0.3, 0.4) is 0 Å². The maximum Gasteiger partial charge on any atom is 0.419 e. The zero-order valence-electron chi connectivity index (χ0n) is 12.4. The fourth-order valence-corrected chi connectivity index (χ4v) is 2.92. The monoisotopic (exact) mass is 427 g/mol. The van der Waals surface area contributed by atoms with Crippen molar-refractivity contribution in [1.82, 2.24) is 10.3 Å². The first-order valence-electron chi connectivity index (χ1n) is 6.89. The second kappa shape index (κ2) is 8.40. The summed E-state index contributed by atoms with van der Waals surface area (Å²) in [6.07, 6.45) is -2.91. The van der Waals surface area contributed by atoms with Crippen molar-refractivity contribution in [2.24, 2.45) is 0 Å². The first-order chi connectivity index (χ1) is 11.7. The minimum atomic E-state index is -4.53. The molecule has 2 rings (SSSR count). The highest BCUT2D eigenvalue weighted by Crippen LogP contribution is 2.33. The molecule has 0 saturated heterocycles. The third kappa shape index (κ3) is 5.34. The SMILES string of the molecule is FC(F)(F)c1cccnc1NC(=S)NCCc1c(Cl)ccc(Cl)c1Cl. The van der Waals surface area contributed by atoms with Crippen LogP contribution < -0.4 is 10.6 Å². The smallest absolute Gasteiger partial charge is 0.362 e. The summed E-state index contributed by atoms with van der Waals surface area (Å²) in [5, 5.41) is 6.37. The lowest BCUT2D eigenvalue weighted by Gasteiger charge is -2.15. The number of thiocarbonyl (C=S) groups is 1. The third-order valence-corrected chi connectivity index (χ3v) is 4.59. The zero-order chi connectivity index (χ0) is 18.6. The van der Waals surface area contributed by atoms with E-state index in [1.807, 2.05) is 0 Å². The molecule has 0 amide bonds. The molecule has 0 radical (unpaired) electrons. The predicted molar refractivity (Wildman–Crippen MR) is 98.6 cm³/mol. The number of nitrogens with zero attached hydrogens (tertiary/aromatic N) is 1. The Labute approximate surface area is 162 Å². The van der Waals surface area contributed by atoms with Gasteiger partial charge in [-0.05, 0) is 48.5 Å². The molecule has 2 N–H and O–H groups in total. The van der Waals surface area contributed by atoms with Crippen molar-refractivity contribution < 1.29 is 13.2 Å². The first kappa shape index (κ1) is 20.0. The Bertz CT molecular complexity index is 784. The number of anilines is 1. The zero-order valence-corrected chi connectivity index (χ0v) is 15.5. The number of hydrogen-bond donors (Lipinski definition) is 2. The Hall–Kier alpha value is -1.28. The number of aromatic nitrogens is 1. The molecule has 0 fully saturated rings. The maximum atomic E-state index is 12.9. The fraction of sp³-hybridized carbons (Fsp3) is 0.200. The molecule has 2 aromatic rings. The quantitative estimate of drug-likeness (QED) is 0.492. The van der Waals surface area contributed by atoms with Gasteiger partial charge in [0.25, 0.3) is 0 Å². The van der Waals surface area contributed by atoms with E-state index < -0.39 is 11.7 Å². The summed E-state index contributed by atoms with van der Waals surface area (Å²) in [4.78, 5) is 3.67. The topological polar surface area (TPSA) is 37.0 Å². The van der Waals surface area contributed by atoms with E-state index in [4.69, 9.17) is 47.0 Å². The third-order valence-electron chi connectivity index (χ3n) is 3.14. The molecule has 0 spiro atoms. The lowest BCUT2D eigenvalue weighted by atomic mass is 10.1. The molecule has 10 heteroatoms. The molecule has 0 unspecified atom stereocenters. The average Bonchev–Trinajstić information content (AvgIpc) is 2.54. The van der Waals surface area contributed by atoms with Crippen LogP contribution in [0.5, 0.6) is 0 Å². The van der Waals surface area contributed by atoms with Gasteiger partial charge in [0.05, 0.1) is 15.6 Å². The van der Waals surface area contributed by atoms with Crippen LogP contribution in [0.15, 0.2) is 30.5 Å². The summed E-state index contributed by atoms with van der Waals surface area (Å²) >= 11 is 23.1. The van der Waals surface area contributed by atoms with E-state index >= 15 is 0 Å². The Balaban J connectivity index is 1.98. The molecule has 3 nitrogen and oxygen atoms in total. The van der Waals surface area contributed by atoms with E-state index in [0.29, 0.717) is 33.6 Å². The van der Waals surface area contributed by atoms with Crippen LogP contribution in [0, 0.1) is 0 Å². The summed E-state index contributed by atoms with van der Waals surface area (Å²) < 4.78 is 38.7. The molecule has 134 valence electrons. The van der Waals surface area contributed by atoms with E-state index in [0.717, 1.165) is 6.07 Å². The number of pyridine rings is 1. The van der Waals surface area contributed by atoms with Gasteiger partial charge in [0, 0.05) is 17.8 Å². The van der Waals surface area contributed by atoms with Crippen molar-refractivity contribution in [2.45, 2.75) is 12.6 Å². The van der Waals surface area contributed by atoms with Crippen molar-refractivity contribution in [2.75, 3.05) is 11.9 Å². The second-order valence-electron chi connectivity index (χ2n) is 4.85. The molecule has 0 aliphatic rings. The fourth-order valence-electron chi connectivity index (χ4n) is 1.98. The van der Waals surface area contributed by atoms with E-state index in [1.54, 1.807) is 12.1 Å². The van der Waals surface area contributed by atoms with Crippen LogP contribution in [-0.2, 0) is 12.6 Å². The van der Waals surface area contributed by atoms with Crippen LogP contribution in [0.25, 0.3) is 0 Å². The number of alkyl halides is 3. The second-order valence-corrected chi connectivity index (χ2v) is 6.45. The molecule has 25 heavy (non-hydrogen) atoms. The van der Waals surface area contributed by atoms with Crippen LogP contribution >= 0.6 is 47.0 Å². The summed E-state index contributed by atoms with van der Waals surface area (Å²) in [6, 6.07) is 5.32. The highest BCUT2D eigenvalue weighted by molar-refractivity contribution is 7.80.